The van der Waals surface area contributed by atoms with Crippen molar-refractivity contribution in [3.63, 3.8) is 0 Å². The number of aliphatic hydroxyl groups excluding tert-OH is 1. The van der Waals surface area contributed by atoms with Gasteiger partial charge in [0.1, 0.15) is 11.5 Å². The first-order chi connectivity index (χ1) is 9.15. The lowest BCUT2D eigenvalue weighted by molar-refractivity contribution is -0.274. The van der Waals surface area contributed by atoms with Crippen LogP contribution in [0.3, 0.4) is 0 Å². The Labute approximate surface area is 127 Å². The molecule has 0 unspecified atom stereocenters. The summed E-state index contributed by atoms with van der Waals surface area (Å²) >= 11 is 0. The summed E-state index contributed by atoms with van der Waals surface area (Å²) in [6.07, 6.45) is -5.61. The van der Waals surface area contributed by atoms with Gasteiger partial charge in [-0.25, -0.2) is 0 Å². The SMILES string of the molecule is COc1cc(OC(F)(F)F)ccc1[C@H](N)[C@H](O)C(C)C.Cl. The van der Waals surface area contributed by atoms with Crippen LogP contribution >= 0.6 is 12.4 Å². The van der Waals surface area contributed by atoms with Crippen LogP contribution in [-0.4, -0.2) is 24.7 Å². The molecule has 21 heavy (non-hydrogen) atoms. The number of benzene rings is 1. The first-order valence-electron chi connectivity index (χ1n) is 6.03. The van der Waals surface area contributed by atoms with Crippen LogP contribution in [0.1, 0.15) is 25.5 Å². The fourth-order valence-corrected chi connectivity index (χ4v) is 1.76. The number of hydrogen-bond donors (Lipinski definition) is 2. The number of methoxy groups -OCH3 is 1. The molecule has 2 atom stereocenters. The molecule has 0 bridgehead atoms. The predicted octanol–water partition coefficient (Wildman–Crippen LogP) is 3.03. The number of alkyl halides is 3. The molecule has 4 nitrogen and oxygen atoms in total. The second kappa shape index (κ2) is 7.72. The topological polar surface area (TPSA) is 64.7 Å². The van der Waals surface area contributed by atoms with E-state index in [1.165, 1.54) is 13.2 Å². The van der Waals surface area contributed by atoms with E-state index in [1.807, 2.05) is 0 Å². The lowest BCUT2D eigenvalue weighted by atomic mass is 9.94. The molecule has 8 heteroatoms. The van der Waals surface area contributed by atoms with Crippen molar-refractivity contribution in [2.75, 3.05) is 7.11 Å². The summed E-state index contributed by atoms with van der Waals surface area (Å²) in [5.74, 6) is -0.357. The minimum absolute atomic E-state index is 0. The molecule has 0 aromatic heterocycles. The van der Waals surface area contributed by atoms with Gasteiger partial charge in [-0.1, -0.05) is 13.8 Å². The van der Waals surface area contributed by atoms with Gasteiger partial charge in [0.25, 0.3) is 0 Å². The van der Waals surface area contributed by atoms with Crippen molar-refractivity contribution in [1.82, 2.24) is 0 Å². The van der Waals surface area contributed by atoms with Gasteiger partial charge in [-0.3, -0.25) is 0 Å². The third-order valence-corrected chi connectivity index (χ3v) is 2.85. The Balaban J connectivity index is 0.00000400. The summed E-state index contributed by atoms with van der Waals surface area (Å²) in [5, 5.41) is 9.93. The van der Waals surface area contributed by atoms with E-state index in [0.29, 0.717) is 5.56 Å². The largest absolute Gasteiger partial charge is 0.573 e. The second-order valence-electron chi connectivity index (χ2n) is 4.71. The molecule has 0 heterocycles. The van der Waals surface area contributed by atoms with Gasteiger partial charge in [0.2, 0.25) is 0 Å². The van der Waals surface area contributed by atoms with Crippen molar-refractivity contribution >= 4 is 12.4 Å². The molecule has 0 saturated carbocycles. The first kappa shape index (κ1) is 19.8. The van der Waals surface area contributed by atoms with Crippen molar-refractivity contribution in [2.24, 2.45) is 11.7 Å². The Hall–Kier alpha value is -1.18. The van der Waals surface area contributed by atoms with Crippen LogP contribution in [0.4, 0.5) is 13.2 Å². The number of halogens is 4. The van der Waals surface area contributed by atoms with Crippen LogP contribution in [0.5, 0.6) is 11.5 Å². The summed E-state index contributed by atoms with van der Waals surface area (Å²) in [5.41, 5.74) is 6.32. The maximum absolute atomic E-state index is 12.1. The molecule has 1 aromatic carbocycles. The molecule has 1 aromatic rings. The molecule has 0 spiro atoms. The fourth-order valence-electron chi connectivity index (χ4n) is 1.76. The van der Waals surface area contributed by atoms with E-state index < -0.39 is 24.3 Å². The Morgan fingerprint density at radius 2 is 1.81 bits per heavy atom. The Bertz CT molecular complexity index is 455. The van der Waals surface area contributed by atoms with Crippen molar-refractivity contribution < 1.29 is 27.8 Å². The fraction of sp³-hybridized carbons (Fsp3) is 0.538. The van der Waals surface area contributed by atoms with E-state index in [-0.39, 0.29) is 24.1 Å². The molecule has 0 amide bonds. The van der Waals surface area contributed by atoms with E-state index in [0.717, 1.165) is 12.1 Å². The molecule has 1 rings (SSSR count). The predicted molar refractivity (Wildman–Crippen MR) is 74.7 cm³/mol. The monoisotopic (exact) mass is 329 g/mol. The first-order valence-corrected chi connectivity index (χ1v) is 6.03. The normalized spacial score (nSPS) is 14.3. The summed E-state index contributed by atoms with van der Waals surface area (Å²) in [6, 6.07) is 2.83. The molecule has 0 saturated heterocycles. The van der Waals surface area contributed by atoms with Crippen molar-refractivity contribution in [3.8, 4) is 11.5 Å². The zero-order valence-corrected chi connectivity index (χ0v) is 12.7. The van der Waals surface area contributed by atoms with E-state index in [2.05, 4.69) is 4.74 Å². The number of hydrogen-bond acceptors (Lipinski definition) is 4. The molecule has 3 N–H and O–H groups in total. The summed E-state index contributed by atoms with van der Waals surface area (Å²) < 4.78 is 45.2. The van der Waals surface area contributed by atoms with E-state index in [1.54, 1.807) is 13.8 Å². The van der Waals surface area contributed by atoms with Gasteiger partial charge >= 0.3 is 6.36 Å². The van der Waals surface area contributed by atoms with Gasteiger partial charge in [0.05, 0.1) is 19.3 Å². The maximum Gasteiger partial charge on any atom is 0.573 e. The Morgan fingerprint density at radius 1 is 1.24 bits per heavy atom. The summed E-state index contributed by atoms with van der Waals surface area (Å²) in [4.78, 5) is 0. The minimum Gasteiger partial charge on any atom is -0.496 e. The van der Waals surface area contributed by atoms with Gasteiger partial charge in [-0.15, -0.1) is 25.6 Å². The van der Waals surface area contributed by atoms with Gasteiger partial charge in [-0.05, 0) is 18.1 Å². The molecule has 0 aliphatic carbocycles. The van der Waals surface area contributed by atoms with Gasteiger partial charge in [0.15, 0.2) is 0 Å². The number of nitrogens with two attached hydrogens (primary N) is 1. The molecular formula is C13H19ClF3NO3. The summed E-state index contributed by atoms with van der Waals surface area (Å²) in [6.45, 7) is 3.58. The number of ether oxygens (including phenoxy) is 2. The highest BCUT2D eigenvalue weighted by molar-refractivity contribution is 5.85. The van der Waals surface area contributed by atoms with Crippen LogP contribution in [0.15, 0.2) is 18.2 Å². The average Bonchev–Trinajstić information content (AvgIpc) is 2.34. The van der Waals surface area contributed by atoms with Crippen LogP contribution in [0, 0.1) is 5.92 Å². The van der Waals surface area contributed by atoms with Crippen molar-refractivity contribution in [1.29, 1.82) is 0 Å². The van der Waals surface area contributed by atoms with Crippen LogP contribution in [0.2, 0.25) is 0 Å². The highest BCUT2D eigenvalue weighted by atomic mass is 35.5. The summed E-state index contributed by atoms with van der Waals surface area (Å²) in [7, 11) is 1.31. The van der Waals surface area contributed by atoms with E-state index in [4.69, 9.17) is 10.5 Å². The molecule has 0 radical (unpaired) electrons. The maximum atomic E-state index is 12.1. The van der Waals surface area contributed by atoms with E-state index >= 15 is 0 Å². The molecule has 0 aliphatic rings. The van der Waals surface area contributed by atoms with Gasteiger partial charge in [-0.2, -0.15) is 0 Å². The molecule has 0 fully saturated rings. The highest BCUT2D eigenvalue weighted by Crippen LogP contribution is 2.33. The van der Waals surface area contributed by atoms with Gasteiger partial charge < -0.3 is 20.3 Å². The third kappa shape index (κ3) is 5.61. The van der Waals surface area contributed by atoms with Gasteiger partial charge in [0, 0.05) is 11.6 Å². The lowest BCUT2D eigenvalue weighted by Gasteiger charge is -2.24. The number of aliphatic hydroxyl groups is 1. The van der Waals surface area contributed by atoms with Crippen molar-refractivity contribution in [3.05, 3.63) is 23.8 Å². The minimum atomic E-state index is -4.77. The zero-order valence-electron chi connectivity index (χ0n) is 11.8. The zero-order chi connectivity index (χ0) is 15.5. The van der Waals surface area contributed by atoms with Crippen LogP contribution < -0.4 is 15.2 Å². The smallest absolute Gasteiger partial charge is 0.496 e. The second-order valence-corrected chi connectivity index (χ2v) is 4.71. The molecular weight excluding hydrogens is 311 g/mol. The van der Waals surface area contributed by atoms with Crippen molar-refractivity contribution in [2.45, 2.75) is 32.4 Å². The van der Waals surface area contributed by atoms with Crippen LogP contribution in [0.25, 0.3) is 0 Å². The standard InChI is InChI=1S/C13H18F3NO3.ClH/c1-7(2)12(18)11(17)9-5-4-8(6-10(9)19-3)20-13(14,15)16;/h4-7,11-12,18H,17H2,1-3H3;1H/t11-,12+;/m0./s1. The Kier molecular flexibility index (Phi) is 7.29. The number of rotatable bonds is 5. The van der Waals surface area contributed by atoms with Crippen LogP contribution in [-0.2, 0) is 0 Å². The van der Waals surface area contributed by atoms with E-state index in [9.17, 15) is 18.3 Å². The molecule has 122 valence electrons. The lowest BCUT2D eigenvalue weighted by Crippen LogP contribution is -2.30. The Morgan fingerprint density at radius 3 is 2.24 bits per heavy atom. The quantitative estimate of drug-likeness (QED) is 0.871. The third-order valence-electron chi connectivity index (χ3n) is 2.85. The highest BCUT2D eigenvalue weighted by Gasteiger charge is 2.32. The molecule has 0 aliphatic heterocycles. The average molecular weight is 330 g/mol.